The lowest BCUT2D eigenvalue weighted by molar-refractivity contribution is -0.125. The molecule has 30 heavy (non-hydrogen) atoms. The molecule has 0 spiro atoms. The number of esters is 1. The number of nitrogens with one attached hydrogen (secondary N) is 1. The average Bonchev–Trinajstić information content (AvgIpc) is 3.17. The molecule has 152 valence electrons. The van der Waals surface area contributed by atoms with Gasteiger partial charge in [-0.25, -0.2) is 14.8 Å². The van der Waals surface area contributed by atoms with Crippen LogP contribution in [0.5, 0.6) is 0 Å². The molecule has 0 aliphatic rings. The molecule has 1 N–H and O–H groups in total. The molecule has 2 heterocycles. The molecule has 0 aliphatic heterocycles. The Morgan fingerprint density at radius 1 is 1.03 bits per heavy atom. The molecule has 0 fully saturated rings. The van der Waals surface area contributed by atoms with E-state index in [0.29, 0.717) is 22.4 Å². The lowest BCUT2D eigenvalue weighted by Gasteiger charge is -2.11. The number of hydrogen-bond acceptors (Lipinski definition) is 6. The summed E-state index contributed by atoms with van der Waals surface area (Å²) in [6.07, 6.45) is 0. The Morgan fingerprint density at radius 3 is 2.53 bits per heavy atom. The van der Waals surface area contributed by atoms with Gasteiger partial charge in [0.25, 0.3) is 5.91 Å². The first-order valence-electron chi connectivity index (χ1n) is 9.60. The molecule has 7 heteroatoms. The average molecular weight is 403 g/mol. The van der Waals surface area contributed by atoms with Crippen LogP contribution in [0.1, 0.15) is 40.5 Å². The number of benzene rings is 2. The van der Waals surface area contributed by atoms with Crippen molar-refractivity contribution in [2.24, 2.45) is 0 Å². The number of carbonyl (C=O) groups excluding carboxylic acids is 2. The van der Waals surface area contributed by atoms with Gasteiger partial charge >= 0.3 is 5.97 Å². The van der Waals surface area contributed by atoms with Gasteiger partial charge in [0.15, 0.2) is 6.61 Å². The third-order valence-electron chi connectivity index (χ3n) is 4.89. The molecule has 4 aromatic rings. The van der Waals surface area contributed by atoms with Crippen molar-refractivity contribution in [1.82, 2.24) is 15.3 Å². The van der Waals surface area contributed by atoms with Gasteiger partial charge in [0.05, 0.1) is 34.0 Å². The fourth-order valence-electron chi connectivity index (χ4n) is 3.14. The zero-order valence-electron chi connectivity index (χ0n) is 16.9. The fraction of sp³-hybridized carbons (Fsp3) is 0.217. The van der Waals surface area contributed by atoms with E-state index in [2.05, 4.69) is 15.3 Å². The van der Waals surface area contributed by atoms with E-state index < -0.39 is 11.9 Å². The van der Waals surface area contributed by atoms with Crippen LogP contribution in [0.3, 0.4) is 0 Å². The van der Waals surface area contributed by atoms with Crippen LogP contribution < -0.4 is 5.32 Å². The van der Waals surface area contributed by atoms with Gasteiger partial charge in [-0.15, -0.1) is 0 Å². The second-order valence-corrected chi connectivity index (χ2v) is 7.15. The molecule has 0 unspecified atom stereocenters. The predicted molar refractivity (Wildman–Crippen MR) is 112 cm³/mol. The molecule has 0 bridgehead atoms. The first kappa shape index (κ1) is 19.6. The van der Waals surface area contributed by atoms with Crippen LogP contribution in [0.2, 0.25) is 0 Å². The lowest BCUT2D eigenvalue weighted by Crippen LogP contribution is -2.31. The van der Waals surface area contributed by atoms with E-state index in [0.717, 1.165) is 22.4 Å². The Morgan fingerprint density at radius 2 is 1.77 bits per heavy atom. The third kappa shape index (κ3) is 4.00. The van der Waals surface area contributed by atoms with E-state index in [9.17, 15) is 9.59 Å². The lowest BCUT2D eigenvalue weighted by atomic mass is 10.2. The van der Waals surface area contributed by atoms with Crippen LogP contribution in [-0.4, -0.2) is 28.5 Å². The smallest absolute Gasteiger partial charge is 0.338 e. The molecule has 0 saturated heterocycles. The number of fused-ring (bicyclic) bond motifs is 2. The Hall–Kier alpha value is -3.74. The van der Waals surface area contributed by atoms with Crippen molar-refractivity contribution in [3.05, 3.63) is 71.2 Å². The summed E-state index contributed by atoms with van der Waals surface area (Å²) >= 11 is 0. The Balaban J connectivity index is 1.37. The molecular formula is C23H21N3O4. The fourth-order valence-corrected chi connectivity index (χ4v) is 3.14. The maximum atomic E-state index is 12.3. The number of para-hydroxylation sites is 1. The van der Waals surface area contributed by atoms with E-state index in [1.807, 2.05) is 51.1 Å². The van der Waals surface area contributed by atoms with Crippen LogP contribution >= 0.6 is 0 Å². The molecule has 0 radical (unpaired) electrons. The number of hydrogen-bond donors (Lipinski definition) is 1. The van der Waals surface area contributed by atoms with Crippen LogP contribution in [0, 0.1) is 13.8 Å². The van der Waals surface area contributed by atoms with Gasteiger partial charge in [-0.05, 0) is 51.1 Å². The van der Waals surface area contributed by atoms with Crippen molar-refractivity contribution in [1.29, 1.82) is 0 Å². The molecule has 7 nitrogen and oxygen atoms in total. The standard InChI is InChI=1S/C23H21N3O4/c1-13-14(2)25-19-10-17(8-9-18(19)24-13)23(28)29-12-22(27)26-15(3)21-11-16-6-4-5-7-20(16)30-21/h4-11,15H,12H2,1-3H3,(H,26,27)/t15-/m1/s1. The van der Waals surface area contributed by atoms with Gasteiger partial charge in [-0.1, -0.05) is 18.2 Å². The molecule has 2 aromatic heterocycles. The van der Waals surface area contributed by atoms with Crippen molar-refractivity contribution in [3.8, 4) is 0 Å². The number of rotatable bonds is 5. The van der Waals surface area contributed by atoms with Crippen LogP contribution in [-0.2, 0) is 9.53 Å². The van der Waals surface area contributed by atoms with Gasteiger partial charge in [0.1, 0.15) is 11.3 Å². The number of aromatic nitrogens is 2. The molecule has 2 aromatic carbocycles. The van der Waals surface area contributed by atoms with Crippen LogP contribution in [0.15, 0.2) is 52.9 Å². The summed E-state index contributed by atoms with van der Waals surface area (Å²) in [5, 5.41) is 3.74. The summed E-state index contributed by atoms with van der Waals surface area (Å²) < 4.78 is 10.9. The topological polar surface area (TPSA) is 94.3 Å². The van der Waals surface area contributed by atoms with E-state index in [4.69, 9.17) is 9.15 Å². The van der Waals surface area contributed by atoms with Gasteiger partial charge in [0, 0.05) is 5.39 Å². The third-order valence-corrected chi connectivity index (χ3v) is 4.89. The van der Waals surface area contributed by atoms with Gasteiger partial charge in [-0.2, -0.15) is 0 Å². The van der Waals surface area contributed by atoms with E-state index in [-0.39, 0.29) is 12.6 Å². The number of furan rings is 1. The molecule has 0 saturated carbocycles. The first-order chi connectivity index (χ1) is 14.4. The van der Waals surface area contributed by atoms with Crippen LogP contribution in [0.25, 0.3) is 22.0 Å². The van der Waals surface area contributed by atoms with Crippen molar-refractivity contribution in [2.75, 3.05) is 6.61 Å². The van der Waals surface area contributed by atoms with Crippen molar-refractivity contribution >= 4 is 33.9 Å². The number of aryl methyl sites for hydroxylation is 2. The summed E-state index contributed by atoms with van der Waals surface area (Å²) in [4.78, 5) is 33.5. The quantitative estimate of drug-likeness (QED) is 0.506. The highest BCUT2D eigenvalue weighted by atomic mass is 16.5. The van der Waals surface area contributed by atoms with Gasteiger partial charge in [0.2, 0.25) is 0 Å². The molecule has 4 rings (SSSR count). The number of carbonyl (C=O) groups is 2. The Kier molecular flexibility index (Phi) is 5.18. The minimum Gasteiger partial charge on any atom is -0.459 e. The van der Waals surface area contributed by atoms with E-state index >= 15 is 0 Å². The van der Waals surface area contributed by atoms with E-state index in [1.54, 1.807) is 18.2 Å². The summed E-state index contributed by atoms with van der Waals surface area (Å²) in [7, 11) is 0. The largest absolute Gasteiger partial charge is 0.459 e. The molecular weight excluding hydrogens is 382 g/mol. The zero-order valence-corrected chi connectivity index (χ0v) is 16.9. The SMILES string of the molecule is Cc1nc2ccc(C(=O)OCC(=O)N[C@H](C)c3cc4ccccc4o3)cc2nc1C. The monoisotopic (exact) mass is 403 g/mol. The highest BCUT2D eigenvalue weighted by molar-refractivity contribution is 5.94. The van der Waals surface area contributed by atoms with Crippen molar-refractivity contribution in [2.45, 2.75) is 26.8 Å². The normalized spacial score (nSPS) is 12.1. The molecule has 1 amide bonds. The highest BCUT2D eigenvalue weighted by Crippen LogP contribution is 2.23. The molecule has 1 atom stereocenters. The van der Waals surface area contributed by atoms with Crippen LogP contribution in [0.4, 0.5) is 0 Å². The number of amides is 1. The van der Waals surface area contributed by atoms with E-state index in [1.165, 1.54) is 0 Å². The highest BCUT2D eigenvalue weighted by Gasteiger charge is 2.16. The maximum Gasteiger partial charge on any atom is 0.338 e. The van der Waals surface area contributed by atoms with Gasteiger partial charge in [-0.3, -0.25) is 4.79 Å². The zero-order chi connectivity index (χ0) is 21.3. The summed E-state index contributed by atoms with van der Waals surface area (Å²) in [6, 6.07) is 14.1. The first-order valence-corrected chi connectivity index (χ1v) is 9.60. The Bertz CT molecular complexity index is 1230. The minimum atomic E-state index is -0.594. The number of ether oxygens (including phenoxy) is 1. The summed E-state index contributed by atoms with van der Waals surface area (Å²) in [5.41, 5.74) is 4.02. The second-order valence-electron chi connectivity index (χ2n) is 7.15. The minimum absolute atomic E-state index is 0.318. The van der Waals surface area contributed by atoms with Crippen molar-refractivity contribution in [3.63, 3.8) is 0 Å². The number of nitrogens with zero attached hydrogens (tertiary/aromatic N) is 2. The molecule has 0 aliphatic carbocycles. The predicted octanol–water partition coefficient (Wildman–Crippen LogP) is 4.03. The maximum absolute atomic E-state index is 12.3. The van der Waals surface area contributed by atoms with Crippen molar-refractivity contribution < 1.29 is 18.7 Å². The summed E-state index contributed by atoms with van der Waals surface area (Å²) in [6.45, 7) is 5.17. The van der Waals surface area contributed by atoms with Gasteiger partial charge < -0.3 is 14.5 Å². The second kappa shape index (κ2) is 7.94. The Labute approximate surface area is 173 Å². The summed E-state index contributed by atoms with van der Waals surface area (Å²) in [5.74, 6) is -0.374.